The van der Waals surface area contributed by atoms with Crippen LogP contribution in [0.5, 0.6) is 0 Å². The Bertz CT molecular complexity index is 1830. The van der Waals surface area contributed by atoms with Crippen LogP contribution in [0.1, 0.15) is 96.2 Å². The average Bonchev–Trinajstić information content (AvgIpc) is 3.39. The van der Waals surface area contributed by atoms with E-state index >= 15 is 0 Å². The first kappa shape index (κ1) is 32.6. The number of aromatic nitrogens is 2. The third kappa shape index (κ3) is 5.76. The number of rotatable bonds is 5. The van der Waals surface area contributed by atoms with Crippen molar-refractivity contribution in [3.63, 3.8) is 0 Å². The van der Waals surface area contributed by atoms with Crippen molar-refractivity contribution in [1.29, 1.82) is 0 Å². The van der Waals surface area contributed by atoms with Gasteiger partial charge in [-0.1, -0.05) is 165 Å². The summed E-state index contributed by atoms with van der Waals surface area (Å²) in [5.41, 5.74) is 9.12. The molecule has 0 aliphatic carbocycles. The van der Waals surface area contributed by atoms with Gasteiger partial charge in [-0.2, -0.15) is 0 Å². The molecular formula is C44H48N2Si. The normalized spacial score (nSPS) is 15.3. The van der Waals surface area contributed by atoms with Crippen molar-refractivity contribution in [2.75, 3.05) is 0 Å². The lowest BCUT2D eigenvalue weighted by molar-refractivity contribution is 0.568. The zero-order valence-corrected chi connectivity index (χ0v) is 30.5. The molecular weight excluding hydrogens is 585 g/mol. The Labute approximate surface area is 283 Å². The molecule has 3 aromatic carbocycles. The molecule has 1 aliphatic heterocycles. The Morgan fingerprint density at radius 3 is 1.11 bits per heavy atom. The first-order chi connectivity index (χ1) is 22.2. The fourth-order valence-electron chi connectivity index (χ4n) is 7.32. The van der Waals surface area contributed by atoms with E-state index in [1.165, 1.54) is 37.9 Å². The lowest BCUT2D eigenvalue weighted by Gasteiger charge is -2.45. The second-order valence-electron chi connectivity index (χ2n) is 15.9. The van der Waals surface area contributed by atoms with Gasteiger partial charge in [0.25, 0.3) is 0 Å². The highest BCUT2D eigenvalue weighted by atomic mass is 28.3. The summed E-state index contributed by atoms with van der Waals surface area (Å²) in [6, 6.07) is 46.6. The number of hydrogen-bond donors (Lipinski definition) is 0. The summed E-state index contributed by atoms with van der Waals surface area (Å²) in [6.45, 7) is 20.9. The van der Waals surface area contributed by atoms with E-state index < -0.39 is 8.07 Å². The lowest BCUT2D eigenvalue weighted by Crippen LogP contribution is -2.57. The summed E-state index contributed by atoms with van der Waals surface area (Å²) in [4.78, 5) is 11.2. The minimum Gasteiger partial charge on any atom is -0.253 e. The van der Waals surface area contributed by atoms with Crippen LogP contribution >= 0.6 is 0 Å². The molecule has 0 saturated heterocycles. The Morgan fingerprint density at radius 1 is 0.404 bits per heavy atom. The molecule has 1 aliphatic rings. The first-order valence-corrected chi connectivity index (χ1v) is 18.9. The van der Waals surface area contributed by atoms with Crippen molar-refractivity contribution in [3.8, 4) is 0 Å². The number of allylic oxidation sites excluding steroid dienone is 2. The van der Waals surface area contributed by atoms with Crippen LogP contribution in [-0.4, -0.2) is 18.0 Å². The maximum absolute atomic E-state index is 5.58. The summed E-state index contributed by atoms with van der Waals surface area (Å²) >= 11 is 0. The van der Waals surface area contributed by atoms with Gasteiger partial charge in [0, 0.05) is 22.2 Å². The van der Waals surface area contributed by atoms with Gasteiger partial charge in [-0.3, -0.25) is 9.97 Å². The third-order valence-electron chi connectivity index (χ3n) is 9.50. The molecule has 238 valence electrons. The van der Waals surface area contributed by atoms with Crippen LogP contribution in [0.15, 0.2) is 127 Å². The van der Waals surface area contributed by atoms with Crippen molar-refractivity contribution in [2.24, 2.45) is 0 Å². The smallest absolute Gasteiger partial charge is 0.160 e. The largest absolute Gasteiger partial charge is 0.253 e. The van der Waals surface area contributed by atoms with E-state index in [1.807, 2.05) is 0 Å². The summed E-state index contributed by atoms with van der Waals surface area (Å²) in [7, 11) is -2.97. The van der Waals surface area contributed by atoms with Crippen molar-refractivity contribution in [2.45, 2.75) is 78.2 Å². The van der Waals surface area contributed by atoms with Crippen LogP contribution in [0.3, 0.4) is 0 Å². The topological polar surface area (TPSA) is 25.8 Å². The Hall–Kier alpha value is -4.34. The molecule has 0 unspecified atom stereocenters. The molecule has 3 heterocycles. The summed E-state index contributed by atoms with van der Waals surface area (Å²) in [6.07, 6.45) is 0. The van der Waals surface area contributed by atoms with Gasteiger partial charge in [0.05, 0.1) is 11.4 Å². The van der Waals surface area contributed by atoms with Crippen LogP contribution in [0.4, 0.5) is 0 Å². The Morgan fingerprint density at radius 2 is 0.766 bits per heavy atom. The number of hydrogen-bond acceptors (Lipinski definition) is 2. The molecule has 2 aromatic heterocycles. The molecule has 47 heavy (non-hydrogen) atoms. The highest BCUT2D eigenvalue weighted by Crippen LogP contribution is 2.62. The van der Waals surface area contributed by atoms with E-state index in [-0.39, 0.29) is 15.9 Å². The third-order valence-corrected chi connectivity index (χ3v) is 15.5. The van der Waals surface area contributed by atoms with Crippen LogP contribution in [0, 0.1) is 0 Å². The average molecular weight is 633 g/mol. The van der Waals surface area contributed by atoms with Crippen molar-refractivity contribution in [3.05, 3.63) is 161 Å². The molecule has 0 fully saturated rings. The lowest BCUT2D eigenvalue weighted by atomic mass is 9.89. The SMILES string of the molecule is CC(C)(C)c1cccc(C2=C(c3ccccc3)C(c3ccccc3)=C(c3cccc(C(C)(C)C)n3)[Si]2(c2ccccc2)C(C)(C)C)n1. The quantitative estimate of drug-likeness (QED) is 0.180. The van der Waals surface area contributed by atoms with E-state index in [9.17, 15) is 0 Å². The highest BCUT2D eigenvalue weighted by molar-refractivity contribution is 7.23. The van der Waals surface area contributed by atoms with Crippen molar-refractivity contribution in [1.82, 2.24) is 9.97 Å². The maximum Gasteiger partial charge on any atom is 0.160 e. The summed E-state index contributed by atoms with van der Waals surface area (Å²) in [5, 5.41) is 3.95. The fourth-order valence-corrected chi connectivity index (χ4v) is 13.5. The van der Waals surface area contributed by atoms with Gasteiger partial charge in [-0.25, -0.2) is 0 Å². The van der Waals surface area contributed by atoms with Crippen LogP contribution in [0.25, 0.3) is 21.5 Å². The van der Waals surface area contributed by atoms with Crippen LogP contribution in [0.2, 0.25) is 5.04 Å². The minimum atomic E-state index is -2.97. The maximum atomic E-state index is 5.58. The van der Waals surface area contributed by atoms with E-state index in [2.05, 4.69) is 190 Å². The summed E-state index contributed by atoms with van der Waals surface area (Å²) < 4.78 is 0. The van der Waals surface area contributed by atoms with Gasteiger partial charge in [0.15, 0.2) is 8.07 Å². The van der Waals surface area contributed by atoms with Crippen LogP contribution in [-0.2, 0) is 10.8 Å². The first-order valence-electron chi connectivity index (χ1n) is 16.9. The van der Waals surface area contributed by atoms with Gasteiger partial charge in [-0.15, -0.1) is 0 Å². The van der Waals surface area contributed by atoms with Gasteiger partial charge >= 0.3 is 0 Å². The van der Waals surface area contributed by atoms with Gasteiger partial charge in [0.1, 0.15) is 0 Å². The monoisotopic (exact) mass is 632 g/mol. The van der Waals surface area contributed by atoms with E-state index in [4.69, 9.17) is 9.97 Å². The zero-order chi connectivity index (χ0) is 33.6. The molecule has 0 amide bonds. The van der Waals surface area contributed by atoms with E-state index in [0.717, 1.165) is 22.8 Å². The second-order valence-corrected chi connectivity index (χ2v) is 20.5. The van der Waals surface area contributed by atoms with Crippen molar-refractivity contribution < 1.29 is 0 Å². The van der Waals surface area contributed by atoms with Crippen LogP contribution < -0.4 is 5.19 Å². The van der Waals surface area contributed by atoms with Crippen molar-refractivity contribution >= 4 is 34.8 Å². The Balaban J connectivity index is 1.91. The minimum absolute atomic E-state index is 0.0953. The molecule has 0 bridgehead atoms. The van der Waals surface area contributed by atoms with Gasteiger partial charge < -0.3 is 0 Å². The zero-order valence-electron chi connectivity index (χ0n) is 29.5. The highest BCUT2D eigenvalue weighted by Gasteiger charge is 2.59. The molecule has 0 atom stereocenters. The standard InChI is InChI=1S/C44H48N2Si/c1-42(2,3)36-29-19-27-34(45-36)40-38(31-21-13-10-14-22-31)39(32-23-15-11-16-24-32)41(35-28-20-30-37(46-35)43(4,5)6)47(40,44(7,8)9)33-25-17-12-18-26-33/h10-30H,1-9H3. The molecule has 5 aromatic rings. The Kier molecular flexibility index (Phi) is 8.34. The predicted molar refractivity (Wildman–Crippen MR) is 204 cm³/mol. The number of benzene rings is 3. The molecule has 3 heteroatoms. The second kappa shape index (κ2) is 12.0. The van der Waals surface area contributed by atoms with E-state index in [1.54, 1.807) is 0 Å². The molecule has 6 rings (SSSR count). The van der Waals surface area contributed by atoms with E-state index in [0.29, 0.717) is 0 Å². The predicted octanol–water partition coefficient (Wildman–Crippen LogP) is 10.8. The van der Waals surface area contributed by atoms with Gasteiger partial charge in [0.2, 0.25) is 0 Å². The molecule has 2 nitrogen and oxygen atoms in total. The fraction of sp³-hybridized carbons (Fsp3) is 0.273. The number of pyridine rings is 2. The van der Waals surface area contributed by atoms with Gasteiger partial charge in [-0.05, 0) is 67.2 Å². The molecule has 0 spiro atoms. The molecule has 0 N–H and O–H groups in total. The number of nitrogens with zero attached hydrogens (tertiary/aromatic N) is 2. The molecule has 0 radical (unpaired) electrons. The molecule has 0 saturated carbocycles. The summed E-state index contributed by atoms with van der Waals surface area (Å²) in [5.74, 6) is 0.